The summed E-state index contributed by atoms with van der Waals surface area (Å²) in [7, 11) is 0. The van der Waals surface area contributed by atoms with Crippen molar-refractivity contribution in [1.82, 2.24) is 24.7 Å². The van der Waals surface area contributed by atoms with Gasteiger partial charge in [0.1, 0.15) is 5.82 Å². The van der Waals surface area contributed by atoms with E-state index in [0.29, 0.717) is 17.3 Å². The van der Waals surface area contributed by atoms with Crippen molar-refractivity contribution < 1.29 is 4.79 Å². The van der Waals surface area contributed by atoms with Gasteiger partial charge in [0.25, 0.3) is 5.91 Å². The molecule has 0 radical (unpaired) electrons. The second-order valence-corrected chi connectivity index (χ2v) is 8.13. The van der Waals surface area contributed by atoms with Gasteiger partial charge in [-0.1, -0.05) is 26.3 Å². The molecule has 0 atom stereocenters. The van der Waals surface area contributed by atoms with Crippen molar-refractivity contribution in [3.05, 3.63) is 65.9 Å². The maximum atomic E-state index is 13.1. The average Bonchev–Trinajstić information content (AvgIpc) is 3.31. The van der Waals surface area contributed by atoms with E-state index in [1.165, 1.54) is 19.3 Å². The van der Waals surface area contributed by atoms with Gasteiger partial charge >= 0.3 is 0 Å². The van der Waals surface area contributed by atoms with Crippen molar-refractivity contribution in [3.8, 4) is 5.82 Å². The van der Waals surface area contributed by atoms with Crippen LogP contribution in [0.4, 0.5) is 5.69 Å². The average molecular weight is 400 g/mol. The standard InChI is InChI=1S/C23H24N6O/c1-14(2)21-17(13-25-29(21)20-8-3-4-11-24-20)23(30)26-16-9-10-18-19(12-16)28-22(27-18)15-6-5-7-15/h3-4,8-15H,5-7H2,1-2H3,(H,26,30)(H,27,28). The highest BCUT2D eigenvalue weighted by molar-refractivity contribution is 6.05. The largest absolute Gasteiger partial charge is 0.342 e. The Morgan fingerprint density at radius 2 is 2.10 bits per heavy atom. The van der Waals surface area contributed by atoms with Crippen molar-refractivity contribution in [2.24, 2.45) is 0 Å². The van der Waals surface area contributed by atoms with Crippen LogP contribution in [-0.4, -0.2) is 30.6 Å². The van der Waals surface area contributed by atoms with Crippen LogP contribution in [0.1, 0.15) is 66.8 Å². The molecule has 4 aromatic rings. The number of carbonyl (C=O) groups excluding carboxylic acids is 1. The number of anilines is 1. The summed E-state index contributed by atoms with van der Waals surface area (Å²) in [5, 5.41) is 7.45. The first kappa shape index (κ1) is 18.5. The number of pyridine rings is 1. The molecule has 3 heterocycles. The number of amides is 1. The molecule has 1 aliphatic rings. The van der Waals surface area contributed by atoms with Gasteiger partial charge in [-0.2, -0.15) is 5.10 Å². The predicted octanol–water partition coefficient (Wildman–Crippen LogP) is 4.79. The summed E-state index contributed by atoms with van der Waals surface area (Å²) in [4.78, 5) is 25.6. The molecular weight excluding hydrogens is 376 g/mol. The molecule has 7 nitrogen and oxygen atoms in total. The van der Waals surface area contributed by atoms with Crippen LogP contribution in [0.5, 0.6) is 0 Å². The lowest BCUT2D eigenvalue weighted by molar-refractivity contribution is 0.102. The minimum Gasteiger partial charge on any atom is -0.342 e. The van der Waals surface area contributed by atoms with Crippen molar-refractivity contribution in [2.45, 2.75) is 44.9 Å². The minimum absolute atomic E-state index is 0.107. The second kappa shape index (κ2) is 7.40. The summed E-state index contributed by atoms with van der Waals surface area (Å²) >= 11 is 0. The Morgan fingerprint density at radius 3 is 2.80 bits per heavy atom. The Balaban J connectivity index is 1.43. The van der Waals surface area contributed by atoms with Gasteiger partial charge in [0.2, 0.25) is 0 Å². The zero-order valence-electron chi connectivity index (χ0n) is 17.1. The van der Waals surface area contributed by atoms with E-state index in [1.807, 2.05) is 50.2 Å². The monoisotopic (exact) mass is 400 g/mol. The molecule has 1 aromatic carbocycles. The van der Waals surface area contributed by atoms with Gasteiger partial charge in [0.15, 0.2) is 5.82 Å². The van der Waals surface area contributed by atoms with Gasteiger partial charge in [0.05, 0.1) is 28.5 Å². The lowest BCUT2D eigenvalue weighted by atomic mass is 9.85. The van der Waals surface area contributed by atoms with Gasteiger partial charge in [-0.15, -0.1) is 0 Å². The molecule has 5 rings (SSSR count). The number of nitrogens with zero attached hydrogens (tertiary/aromatic N) is 4. The number of fused-ring (bicyclic) bond motifs is 1. The van der Waals surface area contributed by atoms with Crippen LogP contribution >= 0.6 is 0 Å². The molecule has 1 saturated carbocycles. The molecule has 152 valence electrons. The third-order valence-corrected chi connectivity index (χ3v) is 5.71. The highest BCUT2D eigenvalue weighted by Gasteiger charge is 2.23. The number of carbonyl (C=O) groups is 1. The maximum absolute atomic E-state index is 13.1. The molecule has 0 saturated heterocycles. The van der Waals surface area contributed by atoms with Gasteiger partial charge in [-0.05, 0) is 49.1 Å². The zero-order valence-corrected chi connectivity index (χ0v) is 17.1. The smallest absolute Gasteiger partial charge is 0.259 e. The van der Waals surface area contributed by atoms with Crippen LogP contribution in [0.25, 0.3) is 16.9 Å². The fraction of sp³-hybridized carbons (Fsp3) is 0.304. The number of aromatic amines is 1. The second-order valence-electron chi connectivity index (χ2n) is 8.13. The summed E-state index contributed by atoms with van der Waals surface area (Å²) in [6, 6.07) is 11.4. The molecule has 2 N–H and O–H groups in total. The molecule has 0 unspecified atom stereocenters. The molecule has 1 aliphatic carbocycles. The van der Waals surface area contributed by atoms with E-state index < -0.39 is 0 Å². The van der Waals surface area contributed by atoms with Crippen LogP contribution in [-0.2, 0) is 0 Å². The van der Waals surface area contributed by atoms with E-state index in [9.17, 15) is 4.79 Å². The number of aromatic nitrogens is 5. The van der Waals surface area contributed by atoms with Crippen molar-refractivity contribution >= 4 is 22.6 Å². The lowest BCUT2D eigenvalue weighted by Gasteiger charge is -2.22. The van der Waals surface area contributed by atoms with Crippen molar-refractivity contribution in [2.75, 3.05) is 5.32 Å². The highest BCUT2D eigenvalue weighted by atomic mass is 16.1. The molecule has 30 heavy (non-hydrogen) atoms. The van der Waals surface area contributed by atoms with Crippen LogP contribution in [0.2, 0.25) is 0 Å². The van der Waals surface area contributed by atoms with Crippen molar-refractivity contribution in [3.63, 3.8) is 0 Å². The third-order valence-electron chi connectivity index (χ3n) is 5.71. The van der Waals surface area contributed by atoms with Gasteiger partial charge in [-0.25, -0.2) is 14.6 Å². The third kappa shape index (κ3) is 3.26. The van der Waals surface area contributed by atoms with Crippen LogP contribution in [0.3, 0.4) is 0 Å². The fourth-order valence-corrected chi connectivity index (χ4v) is 3.93. The maximum Gasteiger partial charge on any atom is 0.259 e. The Hall–Kier alpha value is -3.48. The summed E-state index contributed by atoms with van der Waals surface area (Å²) in [5.41, 5.74) is 4.00. The summed E-state index contributed by atoms with van der Waals surface area (Å²) in [6.07, 6.45) is 7.00. The molecule has 3 aromatic heterocycles. The van der Waals surface area contributed by atoms with E-state index in [-0.39, 0.29) is 11.8 Å². The number of nitrogens with one attached hydrogen (secondary N) is 2. The normalized spacial score (nSPS) is 14.2. The van der Waals surface area contributed by atoms with Crippen LogP contribution < -0.4 is 5.32 Å². The molecule has 1 amide bonds. The molecule has 0 bridgehead atoms. The Morgan fingerprint density at radius 1 is 1.23 bits per heavy atom. The Kier molecular flexibility index (Phi) is 4.58. The first-order valence-electron chi connectivity index (χ1n) is 10.4. The SMILES string of the molecule is CC(C)c1c(C(=O)Nc2ccc3nc(C4CCC4)[nH]c3c2)cnn1-c1ccccn1. The van der Waals surface area contributed by atoms with E-state index in [1.54, 1.807) is 17.1 Å². The fourth-order valence-electron chi connectivity index (χ4n) is 3.93. The van der Waals surface area contributed by atoms with Gasteiger partial charge in [-0.3, -0.25) is 4.79 Å². The summed E-state index contributed by atoms with van der Waals surface area (Å²) in [6.45, 7) is 4.09. The Labute approximate surface area is 174 Å². The quantitative estimate of drug-likeness (QED) is 0.504. The number of benzene rings is 1. The highest BCUT2D eigenvalue weighted by Crippen LogP contribution is 2.35. The topological polar surface area (TPSA) is 88.5 Å². The predicted molar refractivity (Wildman–Crippen MR) is 116 cm³/mol. The Bertz CT molecular complexity index is 1200. The number of imidazole rings is 1. The molecule has 0 spiro atoms. The van der Waals surface area contributed by atoms with E-state index in [4.69, 9.17) is 4.98 Å². The van der Waals surface area contributed by atoms with Crippen molar-refractivity contribution in [1.29, 1.82) is 0 Å². The molecule has 0 aliphatic heterocycles. The molecule has 1 fully saturated rings. The number of rotatable bonds is 5. The van der Waals surface area contributed by atoms with Crippen LogP contribution in [0.15, 0.2) is 48.8 Å². The number of hydrogen-bond acceptors (Lipinski definition) is 4. The lowest BCUT2D eigenvalue weighted by Crippen LogP contribution is -2.15. The zero-order chi connectivity index (χ0) is 20.7. The number of hydrogen-bond donors (Lipinski definition) is 2. The molecular formula is C23H24N6O. The molecule has 7 heteroatoms. The minimum atomic E-state index is -0.182. The van der Waals surface area contributed by atoms with Gasteiger partial charge < -0.3 is 10.3 Å². The first-order valence-corrected chi connectivity index (χ1v) is 10.4. The number of H-pyrrole nitrogens is 1. The first-order chi connectivity index (χ1) is 14.6. The van der Waals surface area contributed by atoms with Gasteiger partial charge in [0, 0.05) is 17.8 Å². The van der Waals surface area contributed by atoms with E-state index in [0.717, 1.165) is 28.2 Å². The summed E-state index contributed by atoms with van der Waals surface area (Å²) in [5.74, 6) is 2.22. The van der Waals surface area contributed by atoms with Crippen LogP contribution in [0, 0.1) is 0 Å². The summed E-state index contributed by atoms with van der Waals surface area (Å²) < 4.78 is 1.74. The van der Waals surface area contributed by atoms with E-state index >= 15 is 0 Å². The van der Waals surface area contributed by atoms with E-state index in [2.05, 4.69) is 20.4 Å².